The van der Waals surface area contributed by atoms with Gasteiger partial charge < -0.3 is 5.32 Å². The van der Waals surface area contributed by atoms with Crippen molar-refractivity contribution >= 4 is 34.0 Å². The molecule has 0 saturated heterocycles. The molecule has 0 atom stereocenters. The first-order valence-corrected chi connectivity index (χ1v) is 5.62. The Morgan fingerprint density at radius 3 is 2.89 bits per heavy atom. The van der Waals surface area contributed by atoms with Gasteiger partial charge in [-0.25, -0.2) is 9.37 Å². The van der Waals surface area contributed by atoms with Crippen molar-refractivity contribution in [1.29, 1.82) is 0 Å². The maximum atomic E-state index is 13.0. The summed E-state index contributed by atoms with van der Waals surface area (Å²) in [6.07, 6.45) is 1.60. The van der Waals surface area contributed by atoms with Crippen molar-refractivity contribution in [3.63, 3.8) is 0 Å². The van der Waals surface area contributed by atoms with Crippen LogP contribution >= 0.6 is 11.6 Å². The van der Waals surface area contributed by atoms with Crippen LogP contribution in [0.4, 0.5) is 15.9 Å². The average molecular weight is 263 g/mol. The van der Waals surface area contributed by atoms with Crippen molar-refractivity contribution in [2.24, 2.45) is 0 Å². The molecule has 1 aromatic carbocycles. The molecule has 0 saturated carbocycles. The van der Waals surface area contributed by atoms with Gasteiger partial charge in [-0.2, -0.15) is 5.10 Å². The van der Waals surface area contributed by atoms with Crippen LogP contribution in [0.25, 0.3) is 10.9 Å². The lowest BCUT2D eigenvalue weighted by molar-refractivity contribution is 0.629. The van der Waals surface area contributed by atoms with E-state index in [1.165, 1.54) is 12.1 Å². The predicted octanol–water partition coefficient (Wildman–Crippen LogP) is 3.49. The molecule has 2 heterocycles. The van der Waals surface area contributed by atoms with Gasteiger partial charge in [-0.3, -0.25) is 5.10 Å². The molecule has 4 nitrogen and oxygen atoms in total. The molecule has 0 aliphatic heterocycles. The van der Waals surface area contributed by atoms with Gasteiger partial charge in [-0.15, -0.1) is 0 Å². The molecule has 18 heavy (non-hydrogen) atoms. The second kappa shape index (κ2) is 4.27. The number of pyridine rings is 1. The number of aromatic amines is 1. The molecule has 0 aliphatic carbocycles. The molecule has 3 rings (SSSR count). The number of aromatic nitrogens is 3. The molecular weight excluding hydrogens is 255 g/mol. The summed E-state index contributed by atoms with van der Waals surface area (Å²) in [5.74, 6) is 0.319. The Bertz CT molecular complexity index is 693. The number of fused-ring (bicyclic) bond motifs is 1. The minimum absolute atomic E-state index is 0.300. The van der Waals surface area contributed by atoms with E-state index in [2.05, 4.69) is 20.5 Å². The quantitative estimate of drug-likeness (QED) is 0.695. The van der Waals surface area contributed by atoms with Crippen LogP contribution in [0.2, 0.25) is 5.15 Å². The summed E-state index contributed by atoms with van der Waals surface area (Å²) in [6.45, 7) is 0. The predicted molar refractivity (Wildman–Crippen MR) is 68.6 cm³/mol. The highest BCUT2D eigenvalue weighted by Gasteiger charge is 2.06. The van der Waals surface area contributed by atoms with Crippen molar-refractivity contribution < 1.29 is 4.39 Å². The number of hydrogen-bond donors (Lipinski definition) is 2. The number of benzene rings is 1. The molecule has 3 aromatic rings. The van der Waals surface area contributed by atoms with Gasteiger partial charge in [0.05, 0.1) is 17.4 Å². The van der Waals surface area contributed by atoms with Crippen molar-refractivity contribution in [3.05, 3.63) is 47.5 Å². The van der Waals surface area contributed by atoms with Gasteiger partial charge in [-0.1, -0.05) is 11.6 Å². The molecule has 2 N–H and O–H groups in total. The minimum atomic E-state index is -0.300. The van der Waals surface area contributed by atoms with E-state index in [9.17, 15) is 4.39 Å². The van der Waals surface area contributed by atoms with Crippen molar-refractivity contribution in [2.45, 2.75) is 0 Å². The molecule has 0 fully saturated rings. The van der Waals surface area contributed by atoms with Gasteiger partial charge in [0.2, 0.25) is 0 Å². The van der Waals surface area contributed by atoms with E-state index in [-0.39, 0.29) is 5.82 Å². The Labute approximate surface area is 107 Å². The summed E-state index contributed by atoms with van der Waals surface area (Å²) in [5, 5.41) is 11.2. The zero-order valence-corrected chi connectivity index (χ0v) is 9.87. The zero-order valence-electron chi connectivity index (χ0n) is 9.11. The lowest BCUT2D eigenvalue weighted by Gasteiger charge is -2.02. The van der Waals surface area contributed by atoms with E-state index in [0.717, 1.165) is 11.1 Å². The highest BCUT2D eigenvalue weighted by Crippen LogP contribution is 2.24. The van der Waals surface area contributed by atoms with Crippen LogP contribution in [-0.2, 0) is 0 Å². The first-order chi connectivity index (χ1) is 8.72. The summed E-state index contributed by atoms with van der Waals surface area (Å²) in [5.41, 5.74) is 1.40. The summed E-state index contributed by atoms with van der Waals surface area (Å²) in [7, 11) is 0. The third-order valence-corrected chi connectivity index (χ3v) is 2.74. The molecule has 0 bridgehead atoms. The summed E-state index contributed by atoms with van der Waals surface area (Å²) in [4.78, 5) is 3.96. The Kier molecular flexibility index (Phi) is 2.60. The SMILES string of the molecule is Fc1ccc2c(Nc3ccc(Cl)nc3)n[nH]c2c1. The molecular formula is C12H8ClFN4. The Balaban J connectivity index is 1.97. The lowest BCUT2D eigenvalue weighted by Crippen LogP contribution is -1.91. The standard InChI is InChI=1S/C12H8ClFN4/c13-11-4-2-8(6-15-11)16-12-9-3-1-7(14)5-10(9)17-18-12/h1-6H,(H2,16,17,18). The van der Waals surface area contributed by atoms with Crippen LogP contribution in [0, 0.1) is 5.82 Å². The molecule has 6 heteroatoms. The highest BCUT2D eigenvalue weighted by molar-refractivity contribution is 6.29. The number of nitrogens with one attached hydrogen (secondary N) is 2. The maximum absolute atomic E-state index is 13.0. The van der Waals surface area contributed by atoms with Crippen LogP contribution in [0.5, 0.6) is 0 Å². The topological polar surface area (TPSA) is 53.6 Å². The van der Waals surface area contributed by atoms with E-state index in [0.29, 0.717) is 16.5 Å². The molecule has 0 amide bonds. The molecule has 0 unspecified atom stereocenters. The van der Waals surface area contributed by atoms with Crippen LogP contribution in [-0.4, -0.2) is 15.2 Å². The summed E-state index contributed by atoms with van der Waals surface area (Å²) < 4.78 is 13.0. The Hall–Kier alpha value is -2.14. The highest BCUT2D eigenvalue weighted by atomic mass is 35.5. The van der Waals surface area contributed by atoms with Crippen LogP contribution in [0.15, 0.2) is 36.5 Å². The van der Waals surface area contributed by atoms with E-state index in [4.69, 9.17) is 11.6 Å². The number of hydrogen-bond acceptors (Lipinski definition) is 3. The van der Waals surface area contributed by atoms with Crippen LogP contribution in [0.3, 0.4) is 0 Å². The smallest absolute Gasteiger partial charge is 0.160 e. The second-order valence-corrected chi connectivity index (χ2v) is 4.14. The third kappa shape index (κ3) is 2.00. The van der Waals surface area contributed by atoms with Gasteiger partial charge in [0, 0.05) is 5.39 Å². The van der Waals surface area contributed by atoms with Gasteiger partial charge in [0.25, 0.3) is 0 Å². The Morgan fingerprint density at radius 2 is 2.11 bits per heavy atom. The first kappa shape index (κ1) is 11.0. The number of halogens is 2. The number of H-pyrrole nitrogens is 1. The second-order valence-electron chi connectivity index (χ2n) is 3.76. The van der Waals surface area contributed by atoms with E-state index < -0.39 is 0 Å². The largest absolute Gasteiger partial charge is 0.337 e. The number of nitrogens with zero attached hydrogens (tertiary/aromatic N) is 2. The van der Waals surface area contributed by atoms with Gasteiger partial charge in [-0.05, 0) is 30.3 Å². The van der Waals surface area contributed by atoms with E-state index in [1.54, 1.807) is 24.4 Å². The number of anilines is 2. The van der Waals surface area contributed by atoms with Gasteiger partial charge in [0.15, 0.2) is 5.82 Å². The molecule has 90 valence electrons. The minimum Gasteiger partial charge on any atom is -0.337 e. The number of rotatable bonds is 2. The van der Waals surface area contributed by atoms with Gasteiger partial charge in [0.1, 0.15) is 11.0 Å². The zero-order chi connectivity index (χ0) is 12.5. The fourth-order valence-electron chi connectivity index (χ4n) is 1.67. The lowest BCUT2D eigenvalue weighted by atomic mass is 10.2. The summed E-state index contributed by atoms with van der Waals surface area (Å²) in [6, 6.07) is 7.92. The average Bonchev–Trinajstić information content (AvgIpc) is 2.74. The first-order valence-electron chi connectivity index (χ1n) is 5.24. The van der Waals surface area contributed by atoms with Crippen LogP contribution in [0.1, 0.15) is 0 Å². The molecule has 0 spiro atoms. The summed E-state index contributed by atoms with van der Waals surface area (Å²) >= 11 is 5.70. The van der Waals surface area contributed by atoms with Gasteiger partial charge >= 0.3 is 0 Å². The van der Waals surface area contributed by atoms with Crippen molar-refractivity contribution in [3.8, 4) is 0 Å². The van der Waals surface area contributed by atoms with E-state index in [1.807, 2.05) is 0 Å². The normalized spacial score (nSPS) is 10.8. The van der Waals surface area contributed by atoms with E-state index >= 15 is 0 Å². The maximum Gasteiger partial charge on any atom is 0.160 e. The molecule has 0 radical (unpaired) electrons. The third-order valence-electron chi connectivity index (χ3n) is 2.52. The van der Waals surface area contributed by atoms with Crippen LogP contribution < -0.4 is 5.32 Å². The van der Waals surface area contributed by atoms with Crippen molar-refractivity contribution in [2.75, 3.05) is 5.32 Å². The molecule has 2 aromatic heterocycles. The Morgan fingerprint density at radius 1 is 1.22 bits per heavy atom. The fourth-order valence-corrected chi connectivity index (χ4v) is 1.79. The van der Waals surface area contributed by atoms with Crippen molar-refractivity contribution in [1.82, 2.24) is 15.2 Å². The fraction of sp³-hybridized carbons (Fsp3) is 0. The molecule has 0 aliphatic rings. The monoisotopic (exact) mass is 262 g/mol.